The number of halogens is 1. The van der Waals surface area contributed by atoms with Crippen molar-refractivity contribution >= 4 is 45.9 Å². The van der Waals surface area contributed by atoms with Gasteiger partial charge in [0.1, 0.15) is 16.6 Å². The van der Waals surface area contributed by atoms with Crippen molar-refractivity contribution in [3.05, 3.63) is 81.7 Å². The van der Waals surface area contributed by atoms with Crippen molar-refractivity contribution < 1.29 is 28.2 Å². The number of amides is 2. The standard InChI is InChI=1S/C30H30FN5O5S2/c1-3-40-21-13-11-20(12-14-21)36-24(16-32-27(38)18-7-5-8-19(31)15-18)34-35-30(36)42-17-25(37)33-28-26(29(39)41-4-2)22-9-6-10-23(22)43-28/h5,7-8,11-15H,3-4,6,9-10,16-17H2,1-2H3,(H,32,38)(H,33,37). The number of thiophene rings is 1. The molecule has 1 aliphatic carbocycles. The van der Waals surface area contributed by atoms with E-state index in [1.165, 1.54) is 29.5 Å². The molecule has 43 heavy (non-hydrogen) atoms. The molecule has 1 aliphatic rings. The Hall–Kier alpha value is -4.23. The number of anilines is 1. The van der Waals surface area contributed by atoms with Crippen LogP contribution in [0.5, 0.6) is 5.75 Å². The Morgan fingerprint density at radius 2 is 1.88 bits per heavy atom. The summed E-state index contributed by atoms with van der Waals surface area (Å²) in [6.45, 7) is 4.42. The average Bonchev–Trinajstić information content (AvgIpc) is 3.70. The molecular formula is C30H30FN5O5S2. The SMILES string of the molecule is CCOC(=O)c1c(NC(=O)CSc2nnc(CNC(=O)c3cccc(F)c3)n2-c2ccc(OCC)cc2)sc2c1CCC2. The van der Waals surface area contributed by atoms with E-state index < -0.39 is 17.7 Å². The van der Waals surface area contributed by atoms with E-state index in [0.29, 0.717) is 39.6 Å². The highest BCUT2D eigenvalue weighted by Crippen LogP contribution is 2.39. The second-order valence-corrected chi connectivity index (χ2v) is 11.5. The fraction of sp³-hybridized carbons (Fsp3) is 0.300. The van der Waals surface area contributed by atoms with Gasteiger partial charge in [-0.3, -0.25) is 14.2 Å². The Morgan fingerprint density at radius 3 is 2.63 bits per heavy atom. The molecule has 2 amide bonds. The van der Waals surface area contributed by atoms with Gasteiger partial charge < -0.3 is 20.1 Å². The lowest BCUT2D eigenvalue weighted by Crippen LogP contribution is -2.24. The Morgan fingerprint density at radius 1 is 1.07 bits per heavy atom. The third-order valence-electron chi connectivity index (χ3n) is 6.59. The first-order valence-electron chi connectivity index (χ1n) is 13.8. The van der Waals surface area contributed by atoms with Crippen LogP contribution in [0.25, 0.3) is 5.69 Å². The Balaban J connectivity index is 1.33. The summed E-state index contributed by atoms with van der Waals surface area (Å²) in [6, 6.07) is 12.7. The van der Waals surface area contributed by atoms with Crippen LogP contribution in [0.4, 0.5) is 9.39 Å². The molecule has 2 heterocycles. The summed E-state index contributed by atoms with van der Waals surface area (Å²) in [6.07, 6.45) is 2.64. The molecular weight excluding hydrogens is 593 g/mol. The molecule has 10 nitrogen and oxygen atoms in total. The summed E-state index contributed by atoms with van der Waals surface area (Å²) >= 11 is 2.58. The van der Waals surface area contributed by atoms with E-state index >= 15 is 0 Å². The molecule has 224 valence electrons. The summed E-state index contributed by atoms with van der Waals surface area (Å²) in [4.78, 5) is 39.5. The zero-order chi connectivity index (χ0) is 30.3. The highest BCUT2D eigenvalue weighted by molar-refractivity contribution is 7.99. The van der Waals surface area contributed by atoms with Crippen LogP contribution in [0.2, 0.25) is 0 Å². The van der Waals surface area contributed by atoms with Gasteiger partial charge in [-0.15, -0.1) is 21.5 Å². The highest BCUT2D eigenvalue weighted by atomic mass is 32.2. The predicted octanol–water partition coefficient (Wildman–Crippen LogP) is 5.19. The van der Waals surface area contributed by atoms with Crippen molar-refractivity contribution in [2.75, 3.05) is 24.3 Å². The zero-order valence-electron chi connectivity index (χ0n) is 23.6. The Kier molecular flexibility index (Phi) is 9.72. The maximum Gasteiger partial charge on any atom is 0.341 e. The molecule has 0 unspecified atom stereocenters. The monoisotopic (exact) mass is 623 g/mol. The molecule has 0 radical (unpaired) electrons. The number of hydrogen-bond donors (Lipinski definition) is 2. The lowest BCUT2D eigenvalue weighted by Gasteiger charge is -2.12. The molecule has 0 atom stereocenters. The van der Waals surface area contributed by atoms with E-state index in [0.717, 1.165) is 47.5 Å². The van der Waals surface area contributed by atoms with E-state index in [-0.39, 0.29) is 30.4 Å². The number of fused-ring (bicyclic) bond motifs is 1. The Bertz CT molecular complexity index is 1640. The summed E-state index contributed by atoms with van der Waals surface area (Å²) in [5, 5.41) is 15.1. The number of ether oxygens (including phenoxy) is 2. The number of benzene rings is 2. The minimum atomic E-state index is -0.510. The maximum atomic E-state index is 13.6. The number of thioether (sulfide) groups is 1. The van der Waals surface area contributed by atoms with Gasteiger partial charge in [-0.05, 0) is 81.1 Å². The molecule has 2 aromatic heterocycles. The van der Waals surface area contributed by atoms with Gasteiger partial charge >= 0.3 is 5.97 Å². The number of nitrogens with zero attached hydrogens (tertiary/aromatic N) is 3. The number of carbonyl (C=O) groups is 3. The van der Waals surface area contributed by atoms with Crippen LogP contribution in [0.15, 0.2) is 53.7 Å². The minimum Gasteiger partial charge on any atom is -0.494 e. The van der Waals surface area contributed by atoms with Crippen molar-refractivity contribution in [2.24, 2.45) is 0 Å². The first kappa shape index (κ1) is 30.2. The molecule has 0 aliphatic heterocycles. The zero-order valence-corrected chi connectivity index (χ0v) is 25.3. The Labute approximate surface area is 256 Å². The summed E-state index contributed by atoms with van der Waals surface area (Å²) in [7, 11) is 0. The first-order valence-corrected chi connectivity index (χ1v) is 15.6. The van der Waals surface area contributed by atoms with Crippen LogP contribution in [0, 0.1) is 5.82 Å². The van der Waals surface area contributed by atoms with Crippen LogP contribution < -0.4 is 15.4 Å². The number of esters is 1. The predicted molar refractivity (Wildman–Crippen MR) is 162 cm³/mol. The second-order valence-electron chi connectivity index (χ2n) is 9.47. The molecule has 5 rings (SSSR count). The van der Waals surface area contributed by atoms with E-state index in [1.807, 2.05) is 31.2 Å². The van der Waals surface area contributed by atoms with Gasteiger partial charge in [0.15, 0.2) is 11.0 Å². The van der Waals surface area contributed by atoms with E-state index in [1.54, 1.807) is 11.5 Å². The van der Waals surface area contributed by atoms with E-state index in [2.05, 4.69) is 20.8 Å². The van der Waals surface area contributed by atoms with Crippen molar-refractivity contribution in [1.29, 1.82) is 0 Å². The topological polar surface area (TPSA) is 124 Å². The summed E-state index contributed by atoms with van der Waals surface area (Å²) < 4.78 is 26.2. The number of aryl methyl sites for hydroxylation is 1. The highest BCUT2D eigenvalue weighted by Gasteiger charge is 2.28. The van der Waals surface area contributed by atoms with Crippen LogP contribution >= 0.6 is 23.1 Å². The summed E-state index contributed by atoms with van der Waals surface area (Å²) in [5.74, 6) is -0.610. The van der Waals surface area contributed by atoms with Crippen LogP contribution in [-0.2, 0) is 28.9 Å². The van der Waals surface area contributed by atoms with E-state index in [9.17, 15) is 18.8 Å². The molecule has 2 aromatic carbocycles. The molecule has 0 fully saturated rings. The van der Waals surface area contributed by atoms with Crippen molar-refractivity contribution in [3.8, 4) is 11.4 Å². The van der Waals surface area contributed by atoms with Gasteiger partial charge in [0, 0.05) is 16.1 Å². The molecule has 0 spiro atoms. The van der Waals surface area contributed by atoms with Crippen LogP contribution in [-0.4, -0.2) is 51.5 Å². The fourth-order valence-electron chi connectivity index (χ4n) is 4.72. The summed E-state index contributed by atoms with van der Waals surface area (Å²) in [5.41, 5.74) is 2.30. The molecule has 4 aromatic rings. The normalized spacial score (nSPS) is 12.1. The maximum absolute atomic E-state index is 13.6. The first-order chi connectivity index (χ1) is 20.9. The molecule has 0 bridgehead atoms. The van der Waals surface area contributed by atoms with Crippen molar-refractivity contribution in [3.63, 3.8) is 0 Å². The molecule has 0 saturated carbocycles. The molecule has 0 saturated heterocycles. The fourth-order valence-corrected chi connectivity index (χ4v) is 6.79. The third-order valence-corrected chi connectivity index (χ3v) is 8.72. The van der Waals surface area contributed by atoms with Crippen LogP contribution in [0.1, 0.15) is 57.2 Å². The van der Waals surface area contributed by atoms with Gasteiger partial charge in [0.25, 0.3) is 5.91 Å². The number of nitrogens with one attached hydrogen (secondary N) is 2. The number of rotatable bonds is 12. The number of hydrogen-bond acceptors (Lipinski definition) is 9. The lowest BCUT2D eigenvalue weighted by atomic mass is 10.1. The smallest absolute Gasteiger partial charge is 0.341 e. The quantitative estimate of drug-likeness (QED) is 0.163. The molecule has 2 N–H and O–H groups in total. The lowest BCUT2D eigenvalue weighted by molar-refractivity contribution is -0.113. The van der Waals surface area contributed by atoms with Gasteiger partial charge in [-0.1, -0.05) is 17.8 Å². The van der Waals surface area contributed by atoms with Gasteiger partial charge in [0.05, 0.1) is 31.1 Å². The second kappa shape index (κ2) is 13.8. The molecule has 13 heteroatoms. The van der Waals surface area contributed by atoms with E-state index in [4.69, 9.17) is 9.47 Å². The largest absolute Gasteiger partial charge is 0.494 e. The van der Waals surface area contributed by atoms with Crippen molar-refractivity contribution in [2.45, 2.75) is 44.8 Å². The van der Waals surface area contributed by atoms with Gasteiger partial charge in [0.2, 0.25) is 5.91 Å². The van der Waals surface area contributed by atoms with Crippen molar-refractivity contribution in [1.82, 2.24) is 20.1 Å². The number of aromatic nitrogens is 3. The average molecular weight is 624 g/mol. The minimum absolute atomic E-state index is 0.00432. The third kappa shape index (κ3) is 7.05. The number of carbonyl (C=O) groups excluding carboxylic acids is 3. The van der Waals surface area contributed by atoms with Gasteiger partial charge in [-0.2, -0.15) is 0 Å². The van der Waals surface area contributed by atoms with Gasteiger partial charge in [-0.25, -0.2) is 9.18 Å². The van der Waals surface area contributed by atoms with Crippen LogP contribution in [0.3, 0.4) is 0 Å².